The van der Waals surface area contributed by atoms with Gasteiger partial charge in [-0.25, -0.2) is 44.5 Å². The fraction of sp³-hybridized carbons (Fsp3) is 0.105. The van der Waals surface area contributed by atoms with Gasteiger partial charge < -0.3 is 0 Å². The van der Waals surface area contributed by atoms with E-state index in [9.17, 15) is 25.6 Å². The molecule has 0 aliphatic rings. The normalized spacial score (nSPS) is 12.4. The molecule has 0 atom stereocenters. The molecule has 0 amide bonds. The smallest absolute Gasteiger partial charge is 0.234 e. The Balaban J connectivity index is 1.94. The van der Waals surface area contributed by atoms with Crippen molar-refractivity contribution in [1.82, 2.24) is 18.9 Å². The zero-order chi connectivity index (χ0) is 22.4. The van der Waals surface area contributed by atoms with E-state index < -0.39 is 36.5 Å². The summed E-state index contributed by atoms with van der Waals surface area (Å²) in [6, 6.07) is 9.43. The Morgan fingerprint density at radius 1 is 1.00 bits per heavy atom. The molecule has 0 spiro atoms. The lowest BCUT2D eigenvalue weighted by Gasteiger charge is -2.06. The molecule has 0 radical (unpaired) electrons. The number of benzene rings is 1. The number of halogens is 2. The molecule has 3 heterocycles. The van der Waals surface area contributed by atoms with Crippen LogP contribution in [-0.4, -0.2) is 42.0 Å². The zero-order valence-electron chi connectivity index (χ0n) is 15.9. The van der Waals surface area contributed by atoms with Crippen LogP contribution in [0.2, 0.25) is 0 Å². The average molecular weight is 464 g/mol. The van der Waals surface area contributed by atoms with Crippen molar-refractivity contribution in [1.29, 1.82) is 0 Å². The second-order valence-corrected chi connectivity index (χ2v) is 10.5. The molecular formula is C19H14F2N4O4S2. The van der Waals surface area contributed by atoms with Gasteiger partial charge in [-0.3, -0.25) is 0 Å². The van der Waals surface area contributed by atoms with Crippen molar-refractivity contribution in [3.8, 4) is 11.4 Å². The van der Waals surface area contributed by atoms with Crippen LogP contribution >= 0.6 is 0 Å². The summed E-state index contributed by atoms with van der Waals surface area (Å²) < 4.78 is 78.4. The van der Waals surface area contributed by atoms with Gasteiger partial charge in [0, 0.05) is 23.4 Å². The molecule has 0 aliphatic carbocycles. The van der Waals surface area contributed by atoms with E-state index in [1.165, 1.54) is 0 Å². The van der Waals surface area contributed by atoms with Crippen LogP contribution in [-0.2, 0) is 25.6 Å². The third-order valence-electron chi connectivity index (χ3n) is 4.37. The minimum absolute atomic E-state index is 0.0106. The number of hydrogen-bond donors (Lipinski definition) is 0. The van der Waals surface area contributed by atoms with Gasteiger partial charge in [-0.15, -0.1) is 0 Å². The molecule has 160 valence electrons. The Labute approximate surface area is 176 Å². The van der Waals surface area contributed by atoms with Crippen molar-refractivity contribution in [3.05, 3.63) is 72.2 Å². The maximum absolute atomic E-state index is 13.9. The van der Waals surface area contributed by atoms with Gasteiger partial charge >= 0.3 is 0 Å². The van der Waals surface area contributed by atoms with Crippen molar-refractivity contribution in [2.24, 2.45) is 0 Å². The van der Waals surface area contributed by atoms with Crippen LogP contribution in [0.5, 0.6) is 0 Å². The fourth-order valence-corrected chi connectivity index (χ4v) is 5.13. The van der Waals surface area contributed by atoms with Crippen molar-refractivity contribution >= 4 is 30.9 Å². The quantitative estimate of drug-likeness (QED) is 0.417. The molecular weight excluding hydrogens is 450 g/mol. The van der Waals surface area contributed by atoms with Crippen LogP contribution in [0.15, 0.2) is 60.0 Å². The maximum Gasteiger partial charge on any atom is 0.244 e. The molecule has 1 aromatic carbocycles. The van der Waals surface area contributed by atoms with E-state index in [2.05, 4.69) is 15.0 Å². The number of rotatable bonds is 5. The first-order valence-electron chi connectivity index (χ1n) is 8.73. The first-order chi connectivity index (χ1) is 14.6. The first-order valence-corrected chi connectivity index (χ1v) is 12.2. The minimum Gasteiger partial charge on any atom is -0.234 e. The monoisotopic (exact) mass is 464 g/mol. The highest BCUT2D eigenvalue weighted by molar-refractivity contribution is 7.90. The number of hydrogen-bond acceptors (Lipinski definition) is 7. The molecule has 0 saturated heterocycles. The predicted molar refractivity (Wildman–Crippen MR) is 108 cm³/mol. The standard InChI is InChI=1S/C19H14F2N4O4S2/c1-30(26,27)19-16(21)9-22-17(24-19)15-10-25(18-14(15)7-13(20)8-23-18)31(28,29)11-12-5-3-2-4-6-12/h2-10H,11H2,1H3. The number of fused-ring (bicyclic) bond motifs is 1. The molecule has 4 aromatic rings. The molecule has 0 unspecified atom stereocenters. The van der Waals surface area contributed by atoms with Gasteiger partial charge in [-0.05, 0) is 11.6 Å². The van der Waals surface area contributed by atoms with Gasteiger partial charge in [0.05, 0.1) is 18.1 Å². The highest BCUT2D eigenvalue weighted by atomic mass is 32.2. The van der Waals surface area contributed by atoms with E-state index in [0.29, 0.717) is 11.8 Å². The number of pyridine rings is 1. The topological polar surface area (TPSA) is 112 Å². The summed E-state index contributed by atoms with van der Waals surface area (Å²) in [5.74, 6) is -2.56. The van der Waals surface area contributed by atoms with Crippen molar-refractivity contribution in [2.75, 3.05) is 6.26 Å². The van der Waals surface area contributed by atoms with Crippen LogP contribution in [0, 0.1) is 11.6 Å². The molecule has 4 rings (SSSR count). The Morgan fingerprint density at radius 2 is 1.71 bits per heavy atom. The highest BCUT2D eigenvalue weighted by Crippen LogP contribution is 2.30. The number of sulfone groups is 1. The van der Waals surface area contributed by atoms with Gasteiger partial charge in [-0.1, -0.05) is 30.3 Å². The number of nitrogens with zero attached hydrogens (tertiary/aromatic N) is 4. The molecule has 8 nitrogen and oxygen atoms in total. The third kappa shape index (κ3) is 4.03. The summed E-state index contributed by atoms with van der Waals surface area (Å²) in [6.07, 6.45) is 3.41. The summed E-state index contributed by atoms with van der Waals surface area (Å²) in [5.41, 5.74) is 0.412. The van der Waals surface area contributed by atoms with Crippen molar-refractivity contribution < 1.29 is 25.6 Å². The van der Waals surface area contributed by atoms with Crippen molar-refractivity contribution in [2.45, 2.75) is 10.8 Å². The molecule has 0 aliphatic heterocycles. The lowest BCUT2D eigenvalue weighted by Crippen LogP contribution is -2.14. The molecule has 31 heavy (non-hydrogen) atoms. The van der Waals surface area contributed by atoms with Gasteiger partial charge in [0.1, 0.15) is 5.82 Å². The van der Waals surface area contributed by atoms with Crippen LogP contribution in [0.3, 0.4) is 0 Å². The molecule has 0 N–H and O–H groups in total. The van der Waals surface area contributed by atoms with E-state index >= 15 is 0 Å². The molecule has 3 aromatic heterocycles. The first kappa shape index (κ1) is 21.0. The second-order valence-electron chi connectivity index (χ2n) is 6.72. The Hall–Kier alpha value is -3.25. The SMILES string of the molecule is CS(=O)(=O)c1nc(-c2cn(S(=O)(=O)Cc3ccccc3)c3ncc(F)cc23)ncc1F. The predicted octanol–water partition coefficient (Wildman–Crippen LogP) is 2.55. The van der Waals surface area contributed by atoms with E-state index in [1.807, 2.05) is 0 Å². The summed E-state index contributed by atoms with van der Waals surface area (Å²) in [7, 11) is -8.03. The van der Waals surface area contributed by atoms with E-state index in [4.69, 9.17) is 0 Å². The Kier molecular flexibility index (Phi) is 5.06. The molecule has 0 saturated carbocycles. The van der Waals surface area contributed by atoms with Crippen LogP contribution in [0.4, 0.5) is 8.78 Å². The highest BCUT2D eigenvalue weighted by Gasteiger charge is 2.25. The fourth-order valence-electron chi connectivity index (χ4n) is 3.04. The molecule has 0 bridgehead atoms. The third-order valence-corrected chi connectivity index (χ3v) is 6.94. The van der Waals surface area contributed by atoms with Gasteiger partial charge in [0.25, 0.3) is 0 Å². The van der Waals surface area contributed by atoms with E-state index in [1.54, 1.807) is 30.3 Å². The Bertz CT molecular complexity index is 1520. The lowest BCUT2D eigenvalue weighted by molar-refractivity contribution is 0.552. The van der Waals surface area contributed by atoms with E-state index in [0.717, 1.165) is 28.7 Å². The molecule has 0 fully saturated rings. The summed E-state index contributed by atoms with van der Waals surface area (Å²) in [6.45, 7) is 0. The lowest BCUT2D eigenvalue weighted by atomic mass is 10.2. The Morgan fingerprint density at radius 3 is 2.39 bits per heavy atom. The zero-order valence-corrected chi connectivity index (χ0v) is 17.5. The van der Waals surface area contributed by atoms with Gasteiger partial charge in [0.2, 0.25) is 10.0 Å². The summed E-state index contributed by atoms with van der Waals surface area (Å²) >= 11 is 0. The van der Waals surface area contributed by atoms with Crippen LogP contribution < -0.4 is 0 Å². The maximum atomic E-state index is 13.9. The summed E-state index contributed by atoms with van der Waals surface area (Å²) in [5, 5.41) is -0.822. The minimum atomic E-state index is -4.03. The van der Waals surface area contributed by atoms with Gasteiger partial charge in [0.15, 0.2) is 32.2 Å². The summed E-state index contributed by atoms with van der Waals surface area (Å²) in [4.78, 5) is 11.4. The van der Waals surface area contributed by atoms with Crippen LogP contribution in [0.25, 0.3) is 22.4 Å². The van der Waals surface area contributed by atoms with E-state index in [-0.39, 0.29) is 28.2 Å². The van der Waals surface area contributed by atoms with Crippen LogP contribution in [0.1, 0.15) is 5.56 Å². The largest absolute Gasteiger partial charge is 0.244 e. The molecule has 12 heteroatoms. The van der Waals surface area contributed by atoms with Gasteiger partial charge in [-0.2, -0.15) is 0 Å². The van der Waals surface area contributed by atoms with Crippen molar-refractivity contribution in [3.63, 3.8) is 0 Å². The average Bonchev–Trinajstić information content (AvgIpc) is 3.07. The number of aromatic nitrogens is 4. The second kappa shape index (κ2) is 7.46.